The molecule has 0 atom stereocenters. The third kappa shape index (κ3) is 3.48. The fourth-order valence-corrected chi connectivity index (χ4v) is 2.92. The first-order valence-corrected chi connectivity index (χ1v) is 8.61. The summed E-state index contributed by atoms with van der Waals surface area (Å²) in [6, 6.07) is 11.1. The Hall–Kier alpha value is -3.94. The van der Waals surface area contributed by atoms with Crippen molar-refractivity contribution in [1.82, 2.24) is 25.3 Å². The van der Waals surface area contributed by atoms with Gasteiger partial charge in [-0.2, -0.15) is 0 Å². The van der Waals surface area contributed by atoms with Crippen LogP contribution in [-0.2, 0) is 6.54 Å². The van der Waals surface area contributed by atoms with Gasteiger partial charge in [0.05, 0.1) is 24.1 Å². The number of pyridine rings is 1. The molecular weight excluding hydrogens is 356 g/mol. The number of hydrogen-bond donors (Lipinski definition) is 3. The summed E-state index contributed by atoms with van der Waals surface area (Å²) in [4.78, 5) is 28.2. The van der Waals surface area contributed by atoms with Crippen molar-refractivity contribution in [2.75, 3.05) is 12.8 Å². The molecule has 0 unspecified atom stereocenters. The van der Waals surface area contributed by atoms with Crippen LogP contribution in [0, 0.1) is 0 Å². The lowest BCUT2D eigenvalue weighted by atomic mass is 10.1. The number of benzene rings is 1. The van der Waals surface area contributed by atoms with Crippen LogP contribution in [0.1, 0.15) is 15.9 Å². The average Bonchev–Trinajstić information content (AvgIpc) is 3.15. The summed E-state index contributed by atoms with van der Waals surface area (Å²) in [7, 11) is 1.61. The fourth-order valence-electron chi connectivity index (χ4n) is 2.92. The van der Waals surface area contributed by atoms with Crippen molar-refractivity contribution < 1.29 is 9.53 Å². The largest absolute Gasteiger partial charge is 0.497 e. The molecule has 0 radical (unpaired) electrons. The number of methoxy groups -OCH3 is 1. The molecule has 0 saturated heterocycles. The molecule has 1 aromatic carbocycles. The van der Waals surface area contributed by atoms with E-state index in [0.717, 1.165) is 22.2 Å². The van der Waals surface area contributed by atoms with Crippen molar-refractivity contribution in [3.05, 3.63) is 66.1 Å². The highest BCUT2D eigenvalue weighted by Gasteiger charge is 2.14. The van der Waals surface area contributed by atoms with E-state index in [1.165, 1.54) is 0 Å². The molecule has 4 rings (SSSR count). The fraction of sp³-hybridized carbons (Fsp3) is 0.100. The van der Waals surface area contributed by atoms with Crippen LogP contribution in [0.4, 0.5) is 5.95 Å². The number of anilines is 1. The van der Waals surface area contributed by atoms with E-state index in [2.05, 4.69) is 25.3 Å². The predicted octanol–water partition coefficient (Wildman–Crippen LogP) is 2.54. The van der Waals surface area contributed by atoms with E-state index in [9.17, 15) is 4.79 Å². The molecule has 3 aromatic heterocycles. The first-order valence-electron chi connectivity index (χ1n) is 8.61. The molecule has 0 spiro atoms. The molecule has 28 heavy (non-hydrogen) atoms. The Kier molecular flexibility index (Phi) is 4.59. The summed E-state index contributed by atoms with van der Waals surface area (Å²) >= 11 is 0. The number of aromatic nitrogens is 4. The number of nitrogens with zero attached hydrogens (tertiary/aromatic N) is 3. The number of fused-ring (bicyclic) bond motifs is 1. The Morgan fingerprint density at radius 2 is 2.11 bits per heavy atom. The van der Waals surface area contributed by atoms with Crippen molar-refractivity contribution in [2.45, 2.75) is 6.54 Å². The molecule has 140 valence electrons. The minimum absolute atomic E-state index is 0.184. The topological polar surface area (TPSA) is 119 Å². The standard InChI is InChI=1S/C20H18N6O2/c1-28-13-4-2-3-12(7-13)9-25-19(27)15-11-23-17-8-18(24-10-14(15)17)16-5-6-22-20(21)26-16/h2-8,10-11,23H,9H2,1H3,(H,25,27)(H2,21,22,26). The summed E-state index contributed by atoms with van der Waals surface area (Å²) in [5.74, 6) is 0.749. The molecule has 0 aliphatic carbocycles. The zero-order chi connectivity index (χ0) is 19.5. The van der Waals surface area contributed by atoms with Gasteiger partial charge in [0.1, 0.15) is 5.75 Å². The highest BCUT2D eigenvalue weighted by Crippen LogP contribution is 2.23. The summed E-state index contributed by atoms with van der Waals surface area (Å²) in [6.07, 6.45) is 4.90. The van der Waals surface area contributed by atoms with Gasteiger partial charge in [-0.05, 0) is 29.8 Å². The normalized spacial score (nSPS) is 10.8. The van der Waals surface area contributed by atoms with Crippen molar-refractivity contribution in [3.8, 4) is 17.1 Å². The minimum Gasteiger partial charge on any atom is -0.497 e. The number of ether oxygens (including phenoxy) is 1. The number of H-pyrrole nitrogens is 1. The van der Waals surface area contributed by atoms with Crippen molar-refractivity contribution in [1.29, 1.82) is 0 Å². The van der Waals surface area contributed by atoms with Gasteiger partial charge in [-0.3, -0.25) is 9.78 Å². The third-order valence-corrected chi connectivity index (χ3v) is 4.33. The molecule has 4 N–H and O–H groups in total. The van der Waals surface area contributed by atoms with E-state index in [4.69, 9.17) is 10.5 Å². The number of carbonyl (C=O) groups is 1. The zero-order valence-corrected chi connectivity index (χ0v) is 15.1. The summed E-state index contributed by atoms with van der Waals surface area (Å²) < 4.78 is 5.20. The molecule has 0 bridgehead atoms. The van der Waals surface area contributed by atoms with Crippen LogP contribution in [0.15, 0.2) is 55.0 Å². The van der Waals surface area contributed by atoms with Crippen LogP contribution >= 0.6 is 0 Å². The first-order chi connectivity index (χ1) is 13.6. The van der Waals surface area contributed by atoms with E-state index in [1.807, 2.05) is 30.3 Å². The molecule has 0 saturated carbocycles. The van der Waals surface area contributed by atoms with Gasteiger partial charge < -0.3 is 20.8 Å². The van der Waals surface area contributed by atoms with E-state index in [0.29, 0.717) is 23.5 Å². The van der Waals surface area contributed by atoms with Crippen LogP contribution < -0.4 is 15.8 Å². The molecule has 8 heteroatoms. The Labute approximate surface area is 160 Å². The van der Waals surface area contributed by atoms with Gasteiger partial charge in [0.2, 0.25) is 5.95 Å². The zero-order valence-electron chi connectivity index (χ0n) is 15.1. The maximum Gasteiger partial charge on any atom is 0.253 e. The lowest BCUT2D eigenvalue weighted by Crippen LogP contribution is -2.22. The lowest BCUT2D eigenvalue weighted by Gasteiger charge is -2.06. The smallest absolute Gasteiger partial charge is 0.253 e. The van der Waals surface area contributed by atoms with Crippen LogP contribution in [0.2, 0.25) is 0 Å². The lowest BCUT2D eigenvalue weighted by molar-refractivity contribution is 0.0952. The van der Waals surface area contributed by atoms with Crippen molar-refractivity contribution in [2.24, 2.45) is 0 Å². The van der Waals surface area contributed by atoms with Gasteiger partial charge in [0, 0.05) is 36.0 Å². The second-order valence-electron chi connectivity index (χ2n) is 6.15. The van der Waals surface area contributed by atoms with Crippen LogP contribution in [0.25, 0.3) is 22.3 Å². The van der Waals surface area contributed by atoms with Crippen LogP contribution in [0.5, 0.6) is 5.75 Å². The maximum absolute atomic E-state index is 12.6. The molecule has 0 aliphatic rings. The molecule has 4 aromatic rings. The van der Waals surface area contributed by atoms with Gasteiger partial charge in [-0.25, -0.2) is 9.97 Å². The van der Waals surface area contributed by atoms with E-state index < -0.39 is 0 Å². The monoisotopic (exact) mass is 374 g/mol. The molecule has 0 aliphatic heterocycles. The number of amides is 1. The van der Waals surface area contributed by atoms with Gasteiger partial charge in [0.25, 0.3) is 5.91 Å². The highest BCUT2D eigenvalue weighted by molar-refractivity contribution is 6.06. The van der Waals surface area contributed by atoms with E-state index >= 15 is 0 Å². The second-order valence-corrected chi connectivity index (χ2v) is 6.15. The Balaban J connectivity index is 1.54. The predicted molar refractivity (Wildman–Crippen MR) is 106 cm³/mol. The van der Waals surface area contributed by atoms with Gasteiger partial charge in [-0.1, -0.05) is 12.1 Å². The summed E-state index contributed by atoms with van der Waals surface area (Å²) in [5.41, 5.74) is 9.16. The quantitative estimate of drug-likeness (QED) is 0.494. The third-order valence-electron chi connectivity index (χ3n) is 4.33. The van der Waals surface area contributed by atoms with Crippen LogP contribution in [-0.4, -0.2) is 33.0 Å². The van der Waals surface area contributed by atoms with Crippen molar-refractivity contribution in [3.63, 3.8) is 0 Å². The molecule has 1 amide bonds. The Morgan fingerprint density at radius 1 is 1.21 bits per heavy atom. The van der Waals surface area contributed by atoms with Gasteiger partial charge >= 0.3 is 0 Å². The number of carbonyl (C=O) groups excluding carboxylic acids is 1. The van der Waals surface area contributed by atoms with Crippen LogP contribution in [0.3, 0.4) is 0 Å². The van der Waals surface area contributed by atoms with Gasteiger partial charge in [0.15, 0.2) is 0 Å². The number of rotatable bonds is 5. The SMILES string of the molecule is COc1cccc(CNC(=O)c2c[nH]c3cc(-c4ccnc(N)n4)ncc23)c1. The molecule has 0 fully saturated rings. The van der Waals surface area contributed by atoms with Crippen molar-refractivity contribution >= 4 is 22.8 Å². The number of nitrogen functional groups attached to an aromatic ring is 1. The summed E-state index contributed by atoms with van der Waals surface area (Å²) in [6.45, 7) is 0.397. The van der Waals surface area contributed by atoms with Gasteiger partial charge in [-0.15, -0.1) is 0 Å². The minimum atomic E-state index is -0.185. The number of nitrogens with two attached hydrogens (primary N) is 1. The molecule has 3 heterocycles. The average molecular weight is 374 g/mol. The van der Waals surface area contributed by atoms with E-state index in [1.54, 1.807) is 31.8 Å². The second kappa shape index (κ2) is 7.36. The number of hydrogen-bond acceptors (Lipinski definition) is 6. The van der Waals surface area contributed by atoms with E-state index in [-0.39, 0.29) is 11.9 Å². The number of aromatic amines is 1. The summed E-state index contributed by atoms with van der Waals surface area (Å²) in [5, 5.41) is 3.65. The number of nitrogens with one attached hydrogen (secondary N) is 2. The first kappa shape index (κ1) is 17.5. The maximum atomic E-state index is 12.6. The molecule has 8 nitrogen and oxygen atoms in total. The Bertz CT molecular complexity index is 1150. The Morgan fingerprint density at radius 3 is 2.93 bits per heavy atom. The molecular formula is C20H18N6O2. The highest BCUT2D eigenvalue weighted by atomic mass is 16.5.